The summed E-state index contributed by atoms with van der Waals surface area (Å²) in [5, 5.41) is 0.517. The number of nitrogens with two attached hydrogens (primary N) is 1. The van der Waals surface area contributed by atoms with E-state index in [1.54, 1.807) is 19.1 Å². The second-order valence-electron chi connectivity index (χ2n) is 4.87. The molecule has 0 spiro atoms. The number of hydrogen-bond donors (Lipinski definition) is 1. The van der Waals surface area contributed by atoms with Crippen molar-refractivity contribution in [3.63, 3.8) is 0 Å². The molecule has 1 heterocycles. The fourth-order valence-corrected chi connectivity index (χ4v) is 2.44. The maximum atomic E-state index is 12.2. The summed E-state index contributed by atoms with van der Waals surface area (Å²) >= 11 is 6.01. The first-order chi connectivity index (χ1) is 9.11. The molecule has 2 N–H and O–H groups in total. The average Bonchev–Trinajstić information content (AvgIpc) is 2.89. The summed E-state index contributed by atoms with van der Waals surface area (Å²) in [6, 6.07) is 7.17. The minimum absolute atomic E-state index is 0.00382. The Labute approximate surface area is 118 Å². The largest absolute Gasteiger partial charge is 0.479 e. The standard InChI is InChI=1S/C14H19ClN2O2/c1-10(19-13-5-3-2-4-12(13)15)14(18)17-7-6-11(8-16)9-17/h2-5,10-11H,6-9,16H2,1H3/t10-,11+/m0/s1. The number of carbonyl (C=O) groups is 1. The van der Waals surface area contributed by atoms with E-state index in [-0.39, 0.29) is 5.91 Å². The van der Waals surface area contributed by atoms with Gasteiger partial charge in [-0.3, -0.25) is 4.79 Å². The van der Waals surface area contributed by atoms with E-state index in [1.165, 1.54) is 0 Å². The lowest BCUT2D eigenvalue weighted by Gasteiger charge is -2.22. The van der Waals surface area contributed by atoms with Crippen LogP contribution in [0, 0.1) is 5.92 Å². The van der Waals surface area contributed by atoms with E-state index in [1.807, 2.05) is 17.0 Å². The van der Waals surface area contributed by atoms with E-state index >= 15 is 0 Å². The number of carbonyl (C=O) groups excluding carboxylic acids is 1. The number of para-hydroxylation sites is 1. The zero-order valence-electron chi connectivity index (χ0n) is 11.0. The molecule has 2 atom stereocenters. The summed E-state index contributed by atoms with van der Waals surface area (Å²) in [5.74, 6) is 0.951. The smallest absolute Gasteiger partial charge is 0.263 e. The monoisotopic (exact) mass is 282 g/mol. The van der Waals surface area contributed by atoms with Crippen LogP contribution in [-0.4, -0.2) is 36.5 Å². The first kappa shape index (κ1) is 14.2. The van der Waals surface area contributed by atoms with Crippen LogP contribution in [0.25, 0.3) is 0 Å². The second-order valence-corrected chi connectivity index (χ2v) is 5.27. The van der Waals surface area contributed by atoms with Crippen LogP contribution in [0.1, 0.15) is 13.3 Å². The van der Waals surface area contributed by atoms with Gasteiger partial charge in [-0.2, -0.15) is 0 Å². The molecule has 0 bridgehead atoms. The number of rotatable bonds is 4. The van der Waals surface area contributed by atoms with E-state index in [2.05, 4.69) is 0 Å². The molecule has 0 radical (unpaired) electrons. The summed E-state index contributed by atoms with van der Waals surface area (Å²) < 4.78 is 5.63. The Bertz CT molecular complexity index is 453. The lowest BCUT2D eigenvalue weighted by atomic mass is 10.1. The fraction of sp³-hybridized carbons (Fsp3) is 0.500. The van der Waals surface area contributed by atoms with E-state index in [9.17, 15) is 4.79 Å². The maximum absolute atomic E-state index is 12.2. The molecule has 1 aliphatic heterocycles. The fourth-order valence-electron chi connectivity index (χ4n) is 2.26. The second kappa shape index (κ2) is 6.26. The molecule has 1 saturated heterocycles. The molecule has 5 heteroatoms. The van der Waals surface area contributed by atoms with Crippen molar-refractivity contribution in [1.82, 2.24) is 4.90 Å². The topological polar surface area (TPSA) is 55.6 Å². The predicted molar refractivity (Wildman–Crippen MR) is 75.3 cm³/mol. The number of nitrogens with zero attached hydrogens (tertiary/aromatic N) is 1. The molecule has 1 fully saturated rings. The molecule has 1 aromatic carbocycles. The van der Waals surface area contributed by atoms with Gasteiger partial charge in [-0.25, -0.2) is 0 Å². The van der Waals surface area contributed by atoms with Gasteiger partial charge in [0.05, 0.1) is 5.02 Å². The summed E-state index contributed by atoms with van der Waals surface area (Å²) in [6.45, 7) is 3.87. The Hall–Kier alpha value is -1.26. The highest BCUT2D eigenvalue weighted by Crippen LogP contribution is 2.25. The van der Waals surface area contributed by atoms with Crippen molar-refractivity contribution in [2.45, 2.75) is 19.4 Å². The van der Waals surface area contributed by atoms with Crippen molar-refractivity contribution < 1.29 is 9.53 Å². The van der Waals surface area contributed by atoms with Gasteiger partial charge in [0.25, 0.3) is 5.91 Å². The van der Waals surface area contributed by atoms with Crippen molar-refractivity contribution in [2.75, 3.05) is 19.6 Å². The van der Waals surface area contributed by atoms with Crippen LogP contribution in [0.15, 0.2) is 24.3 Å². The first-order valence-electron chi connectivity index (χ1n) is 6.52. The maximum Gasteiger partial charge on any atom is 0.263 e. The lowest BCUT2D eigenvalue weighted by molar-refractivity contribution is -0.136. The molecule has 104 valence electrons. The molecule has 4 nitrogen and oxygen atoms in total. The van der Waals surface area contributed by atoms with E-state index in [0.29, 0.717) is 23.2 Å². The Kier molecular flexibility index (Phi) is 4.66. The summed E-state index contributed by atoms with van der Waals surface area (Å²) in [7, 11) is 0. The van der Waals surface area contributed by atoms with Crippen molar-refractivity contribution in [2.24, 2.45) is 11.7 Å². The SMILES string of the molecule is C[C@H](Oc1ccccc1Cl)C(=O)N1CC[C@H](CN)C1. The van der Waals surface area contributed by atoms with Crippen LogP contribution in [0.4, 0.5) is 0 Å². The molecule has 1 aromatic rings. The molecule has 1 amide bonds. The third-order valence-electron chi connectivity index (χ3n) is 3.42. The molecular formula is C14H19ClN2O2. The van der Waals surface area contributed by atoms with E-state index in [0.717, 1.165) is 19.5 Å². The number of halogens is 1. The number of amides is 1. The van der Waals surface area contributed by atoms with Gasteiger partial charge < -0.3 is 15.4 Å². The average molecular weight is 283 g/mol. The van der Waals surface area contributed by atoms with Crippen molar-refractivity contribution in [3.8, 4) is 5.75 Å². The van der Waals surface area contributed by atoms with Gasteiger partial charge in [0.15, 0.2) is 6.10 Å². The van der Waals surface area contributed by atoms with Crippen molar-refractivity contribution in [1.29, 1.82) is 0 Å². The molecular weight excluding hydrogens is 264 g/mol. The first-order valence-corrected chi connectivity index (χ1v) is 6.89. The highest BCUT2D eigenvalue weighted by atomic mass is 35.5. The van der Waals surface area contributed by atoms with Gasteiger partial charge >= 0.3 is 0 Å². The summed E-state index contributed by atoms with van der Waals surface area (Å²) in [5.41, 5.74) is 5.63. The molecule has 0 saturated carbocycles. The van der Waals surface area contributed by atoms with Crippen molar-refractivity contribution >= 4 is 17.5 Å². The third-order valence-corrected chi connectivity index (χ3v) is 3.73. The lowest BCUT2D eigenvalue weighted by Crippen LogP contribution is -2.39. The highest BCUT2D eigenvalue weighted by molar-refractivity contribution is 6.32. The summed E-state index contributed by atoms with van der Waals surface area (Å²) in [6.07, 6.45) is 0.442. The van der Waals surface area contributed by atoms with E-state index in [4.69, 9.17) is 22.1 Å². The van der Waals surface area contributed by atoms with Crippen LogP contribution >= 0.6 is 11.6 Å². The number of ether oxygens (including phenoxy) is 1. The molecule has 0 unspecified atom stereocenters. The Morgan fingerprint density at radius 2 is 2.32 bits per heavy atom. The van der Waals surface area contributed by atoms with Crippen LogP contribution < -0.4 is 10.5 Å². The molecule has 0 aromatic heterocycles. The van der Waals surface area contributed by atoms with Crippen LogP contribution in [0.2, 0.25) is 5.02 Å². The normalized spacial score (nSPS) is 20.4. The summed E-state index contributed by atoms with van der Waals surface area (Å²) in [4.78, 5) is 14.1. The van der Waals surface area contributed by atoms with Crippen LogP contribution in [0.3, 0.4) is 0 Å². The molecule has 0 aliphatic carbocycles. The van der Waals surface area contributed by atoms with Crippen LogP contribution in [0.5, 0.6) is 5.75 Å². The zero-order valence-corrected chi connectivity index (χ0v) is 11.8. The Balaban J connectivity index is 1.95. The predicted octanol–water partition coefficient (Wildman–Crippen LogP) is 1.91. The quantitative estimate of drug-likeness (QED) is 0.918. The van der Waals surface area contributed by atoms with Crippen molar-refractivity contribution in [3.05, 3.63) is 29.3 Å². The highest BCUT2D eigenvalue weighted by Gasteiger charge is 2.29. The number of likely N-dealkylation sites (tertiary alicyclic amines) is 1. The molecule has 2 rings (SSSR count). The van der Waals surface area contributed by atoms with Gasteiger partial charge in [-0.05, 0) is 37.9 Å². The third kappa shape index (κ3) is 3.39. The van der Waals surface area contributed by atoms with Gasteiger partial charge in [-0.15, -0.1) is 0 Å². The van der Waals surface area contributed by atoms with Gasteiger partial charge in [0, 0.05) is 13.1 Å². The van der Waals surface area contributed by atoms with Gasteiger partial charge in [0.2, 0.25) is 0 Å². The van der Waals surface area contributed by atoms with E-state index < -0.39 is 6.10 Å². The minimum Gasteiger partial charge on any atom is -0.479 e. The Morgan fingerprint density at radius 1 is 1.58 bits per heavy atom. The van der Waals surface area contributed by atoms with Gasteiger partial charge in [-0.1, -0.05) is 23.7 Å². The molecule has 1 aliphatic rings. The van der Waals surface area contributed by atoms with Crippen LogP contribution in [-0.2, 0) is 4.79 Å². The zero-order chi connectivity index (χ0) is 13.8. The number of hydrogen-bond acceptors (Lipinski definition) is 3. The Morgan fingerprint density at radius 3 is 2.95 bits per heavy atom. The minimum atomic E-state index is -0.531. The number of benzene rings is 1. The van der Waals surface area contributed by atoms with Gasteiger partial charge in [0.1, 0.15) is 5.75 Å². The molecule has 19 heavy (non-hydrogen) atoms.